The van der Waals surface area contributed by atoms with E-state index in [-0.39, 0.29) is 19.0 Å². The highest BCUT2D eigenvalue weighted by molar-refractivity contribution is 5.71. The van der Waals surface area contributed by atoms with Gasteiger partial charge in [0.1, 0.15) is 12.6 Å². The van der Waals surface area contributed by atoms with Crippen LogP contribution in [0.2, 0.25) is 0 Å². The third-order valence-corrected chi connectivity index (χ3v) is 1.13. The van der Waals surface area contributed by atoms with Crippen LogP contribution in [-0.4, -0.2) is 72.2 Å². The van der Waals surface area contributed by atoms with Gasteiger partial charge in [-0.1, -0.05) is 0 Å². The van der Waals surface area contributed by atoms with Crippen LogP contribution in [0.25, 0.3) is 0 Å². The summed E-state index contributed by atoms with van der Waals surface area (Å²) in [6.45, 7) is 2.31. The fourth-order valence-corrected chi connectivity index (χ4v) is 0.300. The summed E-state index contributed by atoms with van der Waals surface area (Å²) in [4.78, 5) is 18.4. The summed E-state index contributed by atoms with van der Waals surface area (Å²) in [5.41, 5.74) is 8.50. The standard InChI is InChI=1S/C5H14NO.C3H6O3.CH4N2O.ClH/c1-6(2,3)4-5-7;1-2(4)3(5)6;2-1(3)4;/h7H,4-5H2,1-3H3;2,4H,1H3,(H,5,6);(H4,2,3,4);1H/q+1;;;/p-1. The molecular formula is C9H24ClN3O5. The van der Waals surface area contributed by atoms with Gasteiger partial charge in [0.25, 0.3) is 0 Å². The van der Waals surface area contributed by atoms with Gasteiger partial charge in [-0.25, -0.2) is 9.59 Å². The molecule has 0 aliphatic carbocycles. The van der Waals surface area contributed by atoms with Gasteiger partial charge in [0.2, 0.25) is 0 Å². The predicted octanol–water partition coefficient (Wildman–Crippen LogP) is -4.84. The van der Waals surface area contributed by atoms with Crippen LogP contribution in [0, 0.1) is 0 Å². The highest BCUT2D eigenvalue weighted by Gasteiger charge is 2.02. The second-order valence-electron chi connectivity index (χ2n) is 4.15. The van der Waals surface area contributed by atoms with E-state index in [0.29, 0.717) is 0 Å². The molecule has 1 unspecified atom stereocenters. The molecule has 0 aromatic rings. The van der Waals surface area contributed by atoms with E-state index >= 15 is 0 Å². The Kier molecular flexibility index (Phi) is 19.9. The average Bonchev–Trinajstić information content (AvgIpc) is 2.00. The second-order valence-corrected chi connectivity index (χ2v) is 4.15. The van der Waals surface area contributed by atoms with Crippen LogP contribution in [0.5, 0.6) is 0 Å². The highest BCUT2D eigenvalue weighted by atomic mass is 35.5. The number of carbonyl (C=O) groups excluding carboxylic acids is 1. The molecule has 0 aliphatic rings. The fraction of sp³-hybridized carbons (Fsp3) is 0.778. The topological polar surface area (TPSA) is 147 Å². The quantitative estimate of drug-likeness (QED) is 0.331. The van der Waals surface area contributed by atoms with E-state index in [1.54, 1.807) is 0 Å². The Hall–Kier alpha value is -1.09. The van der Waals surface area contributed by atoms with Crippen molar-refractivity contribution in [2.24, 2.45) is 11.5 Å². The van der Waals surface area contributed by atoms with Gasteiger partial charge in [-0.2, -0.15) is 0 Å². The molecular weight excluding hydrogens is 266 g/mol. The number of amides is 2. The summed E-state index contributed by atoms with van der Waals surface area (Å²) in [7, 11) is 6.16. The Bertz CT molecular complexity index is 215. The zero-order valence-electron chi connectivity index (χ0n) is 11.1. The molecule has 0 spiro atoms. The maximum Gasteiger partial charge on any atom is 0.332 e. The van der Waals surface area contributed by atoms with Gasteiger partial charge in [-0.15, -0.1) is 0 Å². The molecule has 7 N–H and O–H groups in total. The van der Waals surface area contributed by atoms with E-state index in [2.05, 4.69) is 32.6 Å². The molecule has 9 heteroatoms. The summed E-state index contributed by atoms with van der Waals surface area (Å²) in [5, 5.41) is 24.2. The van der Waals surface area contributed by atoms with E-state index in [1.165, 1.54) is 6.92 Å². The summed E-state index contributed by atoms with van der Waals surface area (Å²) in [6.07, 6.45) is -1.23. The number of rotatable bonds is 3. The zero-order valence-corrected chi connectivity index (χ0v) is 11.9. The summed E-state index contributed by atoms with van der Waals surface area (Å²) < 4.78 is 0.844. The Morgan fingerprint density at radius 3 is 1.44 bits per heavy atom. The number of likely N-dealkylation sites (N-methyl/N-ethyl adjacent to an activating group) is 1. The number of quaternary nitrogens is 1. The lowest BCUT2D eigenvalue weighted by molar-refractivity contribution is -0.870. The average molecular weight is 290 g/mol. The van der Waals surface area contributed by atoms with Gasteiger partial charge in [0.15, 0.2) is 0 Å². The summed E-state index contributed by atoms with van der Waals surface area (Å²) in [5.74, 6) is -1.19. The largest absolute Gasteiger partial charge is 1.00 e. The van der Waals surface area contributed by atoms with Crippen molar-refractivity contribution in [3.05, 3.63) is 0 Å². The maximum absolute atomic E-state index is 9.45. The van der Waals surface area contributed by atoms with Crippen LogP contribution < -0.4 is 23.9 Å². The number of nitrogens with two attached hydrogens (primary N) is 2. The number of carboxylic acid groups (broad SMARTS) is 1. The van der Waals surface area contributed by atoms with Crippen LogP contribution in [-0.2, 0) is 4.79 Å². The smallest absolute Gasteiger partial charge is 0.332 e. The minimum absolute atomic E-state index is 0. The molecule has 0 fully saturated rings. The van der Waals surface area contributed by atoms with Gasteiger partial charge in [-0.3, -0.25) is 0 Å². The first-order valence-electron chi connectivity index (χ1n) is 4.81. The monoisotopic (exact) mass is 289 g/mol. The van der Waals surface area contributed by atoms with Crippen LogP contribution >= 0.6 is 0 Å². The summed E-state index contributed by atoms with van der Waals surface area (Å²) in [6, 6.07) is -0.833. The van der Waals surface area contributed by atoms with E-state index < -0.39 is 18.1 Å². The number of aliphatic carboxylic acids is 1. The maximum atomic E-state index is 9.45. The number of aliphatic hydroxyl groups excluding tert-OH is 2. The molecule has 2 amide bonds. The Balaban J connectivity index is -0.0000000823. The van der Waals surface area contributed by atoms with Gasteiger partial charge < -0.3 is 43.7 Å². The van der Waals surface area contributed by atoms with E-state index in [9.17, 15) is 4.79 Å². The number of primary amides is 2. The van der Waals surface area contributed by atoms with Crippen LogP contribution in [0.15, 0.2) is 0 Å². The van der Waals surface area contributed by atoms with Gasteiger partial charge in [0.05, 0.1) is 27.7 Å². The van der Waals surface area contributed by atoms with Crippen LogP contribution in [0.3, 0.4) is 0 Å². The number of aliphatic hydroxyl groups is 2. The van der Waals surface area contributed by atoms with Crippen molar-refractivity contribution in [3.8, 4) is 0 Å². The van der Waals surface area contributed by atoms with Crippen LogP contribution in [0.1, 0.15) is 6.92 Å². The second kappa shape index (κ2) is 14.0. The van der Waals surface area contributed by atoms with Crippen molar-refractivity contribution in [1.29, 1.82) is 0 Å². The number of halogens is 1. The lowest BCUT2D eigenvalue weighted by atomic mass is 10.4. The molecule has 0 saturated carbocycles. The minimum Gasteiger partial charge on any atom is -1.00 e. The van der Waals surface area contributed by atoms with Crippen LogP contribution in [0.4, 0.5) is 4.79 Å². The molecule has 0 aliphatic heterocycles. The van der Waals surface area contributed by atoms with Crippen molar-refractivity contribution in [1.82, 2.24) is 0 Å². The Morgan fingerprint density at radius 1 is 1.22 bits per heavy atom. The molecule has 0 aromatic carbocycles. The number of carbonyl (C=O) groups is 2. The zero-order chi connectivity index (χ0) is 14.6. The van der Waals surface area contributed by atoms with Gasteiger partial charge in [0, 0.05) is 0 Å². The van der Waals surface area contributed by atoms with Gasteiger partial charge in [-0.05, 0) is 6.92 Å². The van der Waals surface area contributed by atoms with Gasteiger partial charge >= 0.3 is 12.0 Å². The molecule has 0 bridgehead atoms. The Labute approximate surface area is 113 Å². The molecule has 0 aromatic heterocycles. The molecule has 112 valence electrons. The number of carboxylic acids is 1. The molecule has 0 saturated heterocycles. The van der Waals surface area contributed by atoms with E-state index in [1.807, 2.05) is 0 Å². The number of nitrogens with zero attached hydrogens (tertiary/aromatic N) is 1. The minimum atomic E-state index is -1.23. The molecule has 0 radical (unpaired) electrons. The first-order valence-corrected chi connectivity index (χ1v) is 4.81. The number of urea groups is 1. The van der Waals surface area contributed by atoms with E-state index in [0.717, 1.165) is 11.0 Å². The Morgan fingerprint density at radius 2 is 1.44 bits per heavy atom. The molecule has 8 nitrogen and oxygen atoms in total. The normalized spacial score (nSPS) is 10.6. The van der Waals surface area contributed by atoms with Crippen molar-refractivity contribution in [3.63, 3.8) is 0 Å². The molecule has 18 heavy (non-hydrogen) atoms. The number of hydrogen-bond acceptors (Lipinski definition) is 4. The lowest BCUT2D eigenvalue weighted by Gasteiger charge is -2.21. The van der Waals surface area contributed by atoms with Crippen molar-refractivity contribution < 1.29 is 41.8 Å². The summed E-state index contributed by atoms with van der Waals surface area (Å²) >= 11 is 0. The molecule has 1 atom stereocenters. The first kappa shape index (κ1) is 25.7. The molecule has 0 heterocycles. The fourth-order valence-electron chi connectivity index (χ4n) is 0.300. The predicted molar refractivity (Wildman–Crippen MR) is 63.1 cm³/mol. The lowest BCUT2D eigenvalue weighted by Crippen LogP contribution is -3.00. The molecule has 0 rings (SSSR count). The van der Waals surface area contributed by atoms with E-state index in [4.69, 9.17) is 20.1 Å². The SMILES string of the molecule is CC(O)C(=O)O.C[N+](C)(C)CCO.NC(N)=O.[Cl-]. The highest BCUT2D eigenvalue weighted by Crippen LogP contribution is 1.84. The third kappa shape index (κ3) is 60.4. The number of hydrogen-bond donors (Lipinski definition) is 5. The van der Waals surface area contributed by atoms with Crippen molar-refractivity contribution in [2.75, 3.05) is 34.3 Å². The van der Waals surface area contributed by atoms with Crippen molar-refractivity contribution >= 4 is 12.0 Å². The third-order valence-electron chi connectivity index (χ3n) is 1.13. The first-order chi connectivity index (χ1) is 7.44. The van der Waals surface area contributed by atoms with Crippen molar-refractivity contribution in [2.45, 2.75) is 13.0 Å².